The summed E-state index contributed by atoms with van der Waals surface area (Å²) in [5, 5.41) is 14.5. The Hall–Kier alpha value is -3.82. The number of nitrogens with one attached hydrogen (secondary N) is 2. The maximum absolute atomic E-state index is 11.8. The Kier molecular flexibility index (Phi) is 5.89. The molecular formula is C28H28N6O2S. The summed E-state index contributed by atoms with van der Waals surface area (Å²) in [5.41, 5.74) is 5.01. The van der Waals surface area contributed by atoms with Crippen LogP contribution in [0.25, 0.3) is 32.9 Å². The number of sulfone groups is 1. The highest BCUT2D eigenvalue weighted by Gasteiger charge is 2.18. The predicted octanol–water partition coefficient (Wildman–Crippen LogP) is 4.71. The van der Waals surface area contributed by atoms with Crippen LogP contribution >= 0.6 is 0 Å². The molecule has 2 aromatic carbocycles. The van der Waals surface area contributed by atoms with Crippen LogP contribution in [-0.2, 0) is 16.4 Å². The second-order valence-corrected chi connectivity index (χ2v) is 11.7. The van der Waals surface area contributed by atoms with Gasteiger partial charge in [0.2, 0.25) is 0 Å². The number of rotatable bonds is 6. The van der Waals surface area contributed by atoms with Gasteiger partial charge in [-0.2, -0.15) is 5.10 Å². The van der Waals surface area contributed by atoms with Crippen molar-refractivity contribution in [3.05, 3.63) is 72.7 Å². The highest BCUT2D eigenvalue weighted by Crippen LogP contribution is 2.34. The minimum atomic E-state index is -3.24. The molecule has 4 heterocycles. The highest BCUT2D eigenvalue weighted by atomic mass is 32.2. The average molecular weight is 513 g/mol. The Morgan fingerprint density at radius 2 is 1.89 bits per heavy atom. The lowest BCUT2D eigenvalue weighted by molar-refractivity contribution is 0.459. The monoisotopic (exact) mass is 512 g/mol. The molecule has 5 aromatic rings. The first-order valence-electron chi connectivity index (χ1n) is 12.3. The molecule has 37 heavy (non-hydrogen) atoms. The normalized spacial score (nSPS) is 16.0. The fourth-order valence-corrected chi connectivity index (χ4v) is 5.72. The number of fused-ring (bicyclic) bond motifs is 2. The first-order chi connectivity index (χ1) is 17.9. The molecule has 1 fully saturated rings. The van der Waals surface area contributed by atoms with E-state index in [2.05, 4.69) is 39.4 Å². The Morgan fingerprint density at radius 1 is 1.05 bits per heavy atom. The summed E-state index contributed by atoms with van der Waals surface area (Å²) in [5.74, 6) is 1.27. The van der Waals surface area contributed by atoms with Gasteiger partial charge in [0.05, 0.1) is 22.3 Å². The van der Waals surface area contributed by atoms with Crippen LogP contribution in [0.3, 0.4) is 0 Å². The third-order valence-electron chi connectivity index (χ3n) is 7.15. The maximum atomic E-state index is 11.8. The van der Waals surface area contributed by atoms with Crippen LogP contribution in [0.15, 0.2) is 72.0 Å². The molecule has 0 aliphatic carbocycles. The predicted molar refractivity (Wildman–Crippen MR) is 147 cm³/mol. The molecule has 0 amide bonds. The van der Waals surface area contributed by atoms with Crippen LogP contribution in [0.4, 0.5) is 11.5 Å². The molecule has 2 N–H and O–H groups in total. The van der Waals surface area contributed by atoms with Crippen LogP contribution in [0, 0.1) is 12.8 Å². The van der Waals surface area contributed by atoms with Gasteiger partial charge in [-0.1, -0.05) is 6.07 Å². The molecule has 1 aliphatic heterocycles. The molecule has 6 rings (SSSR count). The molecule has 0 spiro atoms. The molecule has 1 unspecified atom stereocenters. The molecule has 1 aliphatic rings. The van der Waals surface area contributed by atoms with E-state index in [-0.39, 0.29) is 4.90 Å². The number of anilines is 2. The minimum absolute atomic E-state index is 0.283. The Bertz CT molecular complexity index is 1720. The fraction of sp³-hybridized carbons (Fsp3) is 0.250. The zero-order chi connectivity index (χ0) is 25.6. The van der Waals surface area contributed by atoms with E-state index in [0.29, 0.717) is 11.7 Å². The van der Waals surface area contributed by atoms with Crippen LogP contribution in [-0.4, -0.2) is 47.5 Å². The summed E-state index contributed by atoms with van der Waals surface area (Å²) in [6.45, 7) is 5.18. The number of hydrogen-bond acceptors (Lipinski definition) is 7. The molecule has 3 aromatic heterocycles. The van der Waals surface area contributed by atoms with E-state index in [9.17, 15) is 8.42 Å². The molecule has 1 saturated heterocycles. The van der Waals surface area contributed by atoms with Gasteiger partial charge in [0.1, 0.15) is 5.82 Å². The molecule has 0 saturated carbocycles. The van der Waals surface area contributed by atoms with E-state index in [0.717, 1.165) is 63.8 Å². The summed E-state index contributed by atoms with van der Waals surface area (Å²) in [6, 6.07) is 14.9. The number of hydrogen-bond donors (Lipinski definition) is 2. The number of pyridine rings is 2. The van der Waals surface area contributed by atoms with Crippen LogP contribution < -0.4 is 10.6 Å². The first-order valence-corrected chi connectivity index (χ1v) is 14.2. The fourth-order valence-electron chi connectivity index (χ4n) is 5.09. The van der Waals surface area contributed by atoms with Crippen molar-refractivity contribution in [2.75, 3.05) is 24.7 Å². The van der Waals surface area contributed by atoms with Gasteiger partial charge in [-0.05, 0) is 80.4 Å². The van der Waals surface area contributed by atoms with E-state index in [1.807, 2.05) is 30.7 Å². The van der Waals surface area contributed by atoms with Crippen molar-refractivity contribution < 1.29 is 8.42 Å². The standard InChI is InChI=1S/C28H28N6O2S/c1-18-23(7-8-26-25(18)16-32-34(26)17-19-9-11-29-14-19)28-24-13-27(31-15-20(24)10-12-30-28)33-21-3-5-22(6-4-21)37(2,35)36/h3-8,10,12-13,15-16,19,29H,9,11,14,17H2,1-2H3,(H,31,33). The molecule has 8 nitrogen and oxygen atoms in total. The second kappa shape index (κ2) is 9.24. The lowest BCUT2D eigenvalue weighted by Gasteiger charge is -2.13. The van der Waals surface area contributed by atoms with Crippen molar-refractivity contribution in [3.63, 3.8) is 0 Å². The third-order valence-corrected chi connectivity index (χ3v) is 8.28. The van der Waals surface area contributed by atoms with Crippen molar-refractivity contribution >= 4 is 43.0 Å². The number of aryl methyl sites for hydroxylation is 1. The Morgan fingerprint density at radius 3 is 2.65 bits per heavy atom. The zero-order valence-corrected chi connectivity index (χ0v) is 21.6. The number of nitrogens with zero attached hydrogens (tertiary/aromatic N) is 4. The van der Waals surface area contributed by atoms with Crippen molar-refractivity contribution in [3.8, 4) is 11.3 Å². The van der Waals surface area contributed by atoms with Crippen LogP contribution in [0.5, 0.6) is 0 Å². The van der Waals surface area contributed by atoms with Crippen LogP contribution in [0.1, 0.15) is 12.0 Å². The molecule has 1 atom stereocenters. The number of aromatic nitrogens is 4. The Balaban J connectivity index is 1.35. The number of benzene rings is 2. The van der Waals surface area contributed by atoms with E-state index in [1.54, 1.807) is 24.3 Å². The highest BCUT2D eigenvalue weighted by molar-refractivity contribution is 7.90. The average Bonchev–Trinajstić information content (AvgIpc) is 3.55. The van der Waals surface area contributed by atoms with Gasteiger partial charge >= 0.3 is 0 Å². The molecular weight excluding hydrogens is 484 g/mol. The van der Waals surface area contributed by atoms with E-state index in [1.165, 1.54) is 12.7 Å². The minimum Gasteiger partial charge on any atom is -0.340 e. The van der Waals surface area contributed by atoms with Crippen molar-refractivity contribution in [2.24, 2.45) is 5.92 Å². The van der Waals surface area contributed by atoms with Gasteiger partial charge < -0.3 is 10.6 Å². The SMILES string of the molecule is Cc1c(-c2nccc3cnc(Nc4ccc(S(C)(=O)=O)cc4)cc23)ccc2c1cnn2CC1CCNC1. The van der Waals surface area contributed by atoms with Crippen molar-refractivity contribution in [1.82, 2.24) is 25.1 Å². The molecule has 9 heteroatoms. The maximum Gasteiger partial charge on any atom is 0.175 e. The Labute approximate surface area is 215 Å². The van der Waals surface area contributed by atoms with Gasteiger partial charge in [-0.3, -0.25) is 9.67 Å². The van der Waals surface area contributed by atoms with Crippen molar-refractivity contribution in [2.45, 2.75) is 24.8 Å². The van der Waals surface area contributed by atoms with E-state index >= 15 is 0 Å². The smallest absolute Gasteiger partial charge is 0.175 e. The first kappa shape index (κ1) is 23.6. The molecule has 0 radical (unpaired) electrons. The lowest BCUT2D eigenvalue weighted by Crippen LogP contribution is -2.15. The van der Waals surface area contributed by atoms with Gasteiger partial charge in [0.25, 0.3) is 0 Å². The van der Waals surface area contributed by atoms with E-state index in [4.69, 9.17) is 10.1 Å². The quantitative estimate of drug-likeness (QED) is 0.340. The molecule has 0 bridgehead atoms. The molecule has 188 valence electrons. The largest absolute Gasteiger partial charge is 0.340 e. The summed E-state index contributed by atoms with van der Waals surface area (Å²) in [7, 11) is -3.24. The van der Waals surface area contributed by atoms with Crippen LogP contribution in [0.2, 0.25) is 0 Å². The summed E-state index contributed by atoms with van der Waals surface area (Å²) < 4.78 is 25.6. The summed E-state index contributed by atoms with van der Waals surface area (Å²) >= 11 is 0. The summed E-state index contributed by atoms with van der Waals surface area (Å²) in [6.07, 6.45) is 8.00. The zero-order valence-electron chi connectivity index (χ0n) is 20.8. The van der Waals surface area contributed by atoms with Gasteiger partial charge in [0.15, 0.2) is 9.84 Å². The van der Waals surface area contributed by atoms with Gasteiger partial charge in [0, 0.05) is 52.6 Å². The topological polar surface area (TPSA) is 102 Å². The van der Waals surface area contributed by atoms with Crippen molar-refractivity contribution in [1.29, 1.82) is 0 Å². The van der Waals surface area contributed by atoms with Gasteiger partial charge in [-0.15, -0.1) is 0 Å². The lowest BCUT2D eigenvalue weighted by atomic mass is 9.98. The summed E-state index contributed by atoms with van der Waals surface area (Å²) in [4.78, 5) is 9.60. The van der Waals surface area contributed by atoms with E-state index < -0.39 is 9.84 Å². The van der Waals surface area contributed by atoms with Gasteiger partial charge in [-0.25, -0.2) is 13.4 Å². The second-order valence-electron chi connectivity index (χ2n) is 9.73. The third kappa shape index (κ3) is 4.56.